The fourth-order valence-corrected chi connectivity index (χ4v) is 8.26. The monoisotopic (exact) mass is 992 g/mol. The minimum atomic E-state index is -0.881. The van der Waals surface area contributed by atoms with Gasteiger partial charge < -0.3 is 15.5 Å². The van der Waals surface area contributed by atoms with Crippen molar-refractivity contribution >= 4 is 5.91 Å². The first-order valence-corrected chi connectivity index (χ1v) is 30.0. The molecule has 0 bridgehead atoms. The van der Waals surface area contributed by atoms with Gasteiger partial charge in [-0.15, -0.1) is 0 Å². The molecule has 0 aromatic heterocycles. The van der Waals surface area contributed by atoms with Gasteiger partial charge in [0, 0.05) is 6.42 Å². The van der Waals surface area contributed by atoms with Crippen LogP contribution in [-0.4, -0.2) is 34.9 Å². The molecule has 0 radical (unpaired) electrons. The van der Waals surface area contributed by atoms with E-state index in [1.807, 2.05) is 6.08 Å². The Balaban J connectivity index is 3.63. The Labute approximate surface area is 446 Å². The number of carbonyl (C=O) groups is 1. The quantitative estimate of drug-likeness (QED) is 0.0420. The zero-order valence-electron chi connectivity index (χ0n) is 46.9. The van der Waals surface area contributed by atoms with Gasteiger partial charge >= 0.3 is 0 Å². The molecule has 408 valence electrons. The van der Waals surface area contributed by atoms with Crippen LogP contribution in [0.4, 0.5) is 0 Å². The van der Waals surface area contributed by atoms with E-state index in [1.54, 1.807) is 6.08 Å². The Hall–Kier alpha value is -3.73. The third kappa shape index (κ3) is 57.2. The van der Waals surface area contributed by atoms with E-state index in [0.29, 0.717) is 6.42 Å². The van der Waals surface area contributed by atoms with Crippen LogP contribution in [0.2, 0.25) is 0 Å². The van der Waals surface area contributed by atoms with E-state index in [2.05, 4.69) is 153 Å². The topological polar surface area (TPSA) is 69.6 Å². The lowest BCUT2D eigenvalue weighted by Crippen LogP contribution is -2.45. The van der Waals surface area contributed by atoms with Gasteiger partial charge in [-0.05, 0) is 116 Å². The van der Waals surface area contributed by atoms with Gasteiger partial charge in [0.05, 0.1) is 18.8 Å². The highest BCUT2D eigenvalue weighted by Gasteiger charge is 2.18. The summed E-state index contributed by atoms with van der Waals surface area (Å²) in [6.07, 6.45) is 97.3. The summed E-state index contributed by atoms with van der Waals surface area (Å²) in [4.78, 5) is 12.5. The van der Waals surface area contributed by atoms with Crippen molar-refractivity contribution in [1.29, 1.82) is 0 Å². The summed E-state index contributed by atoms with van der Waals surface area (Å²) in [5.41, 5.74) is 0. The van der Waals surface area contributed by atoms with Crippen molar-refractivity contribution in [2.24, 2.45) is 0 Å². The molecule has 0 aliphatic heterocycles. The molecule has 3 N–H and O–H groups in total. The van der Waals surface area contributed by atoms with Gasteiger partial charge in [0.1, 0.15) is 0 Å². The molecule has 4 nitrogen and oxygen atoms in total. The summed E-state index contributed by atoms with van der Waals surface area (Å²) in [6.45, 7) is 4.18. The second-order valence-electron chi connectivity index (χ2n) is 19.7. The van der Waals surface area contributed by atoms with E-state index in [4.69, 9.17) is 0 Å². The number of carbonyl (C=O) groups excluding carboxylic acids is 1. The average Bonchev–Trinajstić information content (AvgIpc) is 3.39. The molecule has 0 aliphatic carbocycles. The molecule has 0 spiro atoms. The molecule has 0 saturated heterocycles. The van der Waals surface area contributed by atoms with Crippen LogP contribution in [-0.2, 0) is 4.79 Å². The highest BCUT2D eigenvalue weighted by molar-refractivity contribution is 5.76. The fourth-order valence-electron chi connectivity index (χ4n) is 8.26. The van der Waals surface area contributed by atoms with Gasteiger partial charge in [0.2, 0.25) is 5.91 Å². The molecule has 0 heterocycles. The van der Waals surface area contributed by atoms with E-state index in [9.17, 15) is 15.0 Å². The predicted molar refractivity (Wildman–Crippen MR) is 321 cm³/mol. The summed E-state index contributed by atoms with van der Waals surface area (Å²) in [5.74, 6) is -0.0861. The number of nitrogens with one attached hydrogen (secondary N) is 1. The molecule has 0 rings (SSSR count). The third-order valence-electron chi connectivity index (χ3n) is 12.8. The number of aliphatic hydroxyl groups excluding tert-OH is 2. The van der Waals surface area contributed by atoms with Gasteiger partial charge in [-0.2, -0.15) is 0 Å². The minimum Gasteiger partial charge on any atom is -0.394 e. The van der Waals surface area contributed by atoms with Gasteiger partial charge in [0.25, 0.3) is 0 Å². The summed E-state index contributed by atoms with van der Waals surface area (Å²) in [6, 6.07) is -0.658. The van der Waals surface area contributed by atoms with E-state index in [0.717, 1.165) is 103 Å². The Morgan fingerprint density at radius 2 is 0.625 bits per heavy atom. The molecular weight excluding hydrogens is 879 g/mol. The number of hydrogen-bond donors (Lipinski definition) is 3. The van der Waals surface area contributed by atoms with Crippen LogP contribution < -0.4 is 5.32 Å². The van der Waals surface area contributed by atoms with Gasteiger partial charge in [0.15, 0.2) is 0 Å². The molecule has 2 unspecified atom stereocenters. The maximum atomic E-state index is 12.5. The maximum Gasteiger partial charge on any atom is 0.220 e. The van der Waals surface area contributed by atoms with Crippen LogP contribution in [0.5, 0.6) is 0 Å². The van der Waals surface area contributed by atoms with Crippen molar-refractivity contribution in [3.63, 3.8) is 0 Å². The lowest BCUT2D eigenvalue weighted by Gasteiger charge is -2.19. The summed E-state index contributed by atoms with van der Waals surface area (Å²) >= 11 is 0. The summed E-state index contributed by atoms with van der Waals surface area (Å²) < 4.78 is 0. The lowest BCUT2D eigenvalue weighted by atomic mass is 10.0. The van der Waals surface area contributed by atoms with Crippen molar-refractivity contribution in [3.8, 4) is 0 Å². The highest BCUT2D eigenvalue weighted by Crippen LogP contribution is 2.15. The highest BCUT2D eigenvalue weighted by atomic mass is 16.3. The molecule has 4 heteroatoms. The van der Waals surface area contributed by atoms with Crippen molar-refractivity contribution in [1.82, 2.24) is 5.32 Å². The summed E-state index contributed by atoms with van der Waals surface area (Å²) in [7, 11) is 0. The smallest absolute Gasteiger partial charge is 0.220 e. The van der Waals surface area contributed by atoms with Crippen LogP contribution in [0, 0.1) is 0 Å². The van der Waals surface area contributed by atoms with Gasteiger partial charge in [-0.1, -0.05) is 282 Å². The SMILES string of the molecule is CC/C=C\C/C=C\C/C=C\C/C=C\C/C=C\C/C=C\C/C=C\C/C=C\C/C=C\CCCCCCCCCCCCCC(=O)NC(CO)C(O)/C=C/CC/C=C/CC/C=C/CCCCCCCCCCCCC. The molecule has 1 amide bonds. The van der Waals surface area contributed by atoms with E-state index in [-0.39, 0.29) is 12.5 Å². The standard InChI is InChI=1S/C68H113NO3/c1-3-5-7-9-11-13-15-17-19-21-23-25-26-27-28-29-30-31-32-33-34-35-36-37-38-39-40-41-42-44-46-48-50-52-54-56-58-60-62-64-68(72)69-66(65-70)67(71)63-61-59-57-55-53-51-49-47-45-43-24-22-20-18-16-14-12-10-8-6-4-2/h5,7,11,13,17,19,23,25,27-28,30-31,33-34,36-37,39-40,45,47,53,55,61,63,66-67,70-71H,3-4,6,8-10,12,14-16,18,20-22,24,26,29,32,35,38,41-44,46,48-52,54,56-60,62,64-65H2,1-2H3,(H,69,72)/b7-5-,13-11-,19-17-,25-23-,28-27-,31-30-,34-33-,37-36-,40-39-,47-45+,55-53+,63-61+. The number of aliphatic hydroxyl groups is 2. The molecule has 2 atom stereocenters. The largest absolute Gasteiger partial charge is 0.394 e. The Kier molecular flexibility index (Phi) is 58.4. The molecule has 0 fully saturated rings. The molecule has 72 heavy (non-hydrogen) atoms. The summed E-state index contributed by atoms with van der Waals surface area (Å²) in [5, 5.41) is 23.1. The zero-order chi connectivity index (χ0) is 52.0. The van der Waals surface area contributed by atoms with Crippen LogP contribution in [0.1, 0.15) is 258 Å². The van der Waals surface area contributed by atoms with Crippen molar-refractivity contribution < 1.29 is 15.0 Å². The van der Waals surface area contributed by atoms with Crippen LogP contribution in [0.15, 0.2) is 146 Å². The Morgan fingerprint density at radius 1 is 0.347 bits per heavy atom. The maximum absolute atomic E-state index is 12.5. The van der Waals surface area contributed by atoms with Crippen LogP contribution in [0.25, 0.3) is 0 Å². The number of amides is 1. The predicted octanol–water partition coefficient (Wildman–Crippen LogP) is 20.4. The van der Waals surface area contributed by atoms with E-state index < -0.39 is 12.1 Å². The molecule has 0 aromatic carbocycles. The van der Waals surface area contributed by atoms with Crippen LogP contribution in [0.3, 0.4) is 0 Å². The van der Waals surface area contributed by atoms with Crippen molar-refractivity contribution in [3.05, 3.63) is 146 Å². The second kappa shape index (κ2) is 61.6. The van der Waals surface area contributed by atoms with Gasteiger partial charge in [-0.25, -0.2) is 0 Å². The molecule has 0 saturated carbocycles. The third-order valence-corrected chi connectivity index (χ3v) is 12.8. The molecule has 0 aliphatic rings. The first kappa shape index (κ1) is 68.3. The first-order valence-electron chi connectivity index (χ1n) is 30.0. The fraction of sp³-hybridized carbons (Fsp3) is 0.632. The van der Waals surface area contributed by atoms with Crippen molar-refractivity contribution in [2.75, 3.05) is 6.61 Å². The normalized spacial score (nSPS) is 13.9. The Morgan fingerprint density at radius 3 is 0.972 bits per heavy atom. The van der Waals surface area contributed by atoms with Crippen molar-refractivity contribution in [2.45, 2.75) is 270 Å². The number of rotatable bonds is 53. The number of allylic oxidation sites excluding steroid dienone is 23. The minimum absolute atomic E-state index is 0.0861. The first-order chi connectivity index (χ1) is 35.7. The second-order valence-corrected chi connectivity index (χ2v) is 19.7. The van der Waals surface area contributed by atoms with Gasteiger partial charge in [-0.3, -0.25) is 4.79 Å². The zero-order valence-corrected chi connectivity index (χ0v) is 46.9. The van der Waals surface area contributed by atoms with E-state index >= 15 is 0 Å². The number of unbranched alkanes of at least 4 members (excludes halogenated alkanes) is 24. The number of hydrogen-bond acceptors (Lipinski definition) is 3. The lowest BCUT2D eigenvalue weighted by molar-refractivity contribution is -0.123. The average molecular weight is 993 g/mol. The van der Waals surface area contributed by atoms with E-state index in [1.165, 1.54) is 135 Å². The molecule has 0 aromatic rings. The van der Waals surface area contributed by atoms with Crippen LogP contribution >= 0.6 is 0 Å². The molecular formula is C68H113NO3. The Bertz CT molecular complexity index is 1500.